The predicted octanol–water partition coefficient (Wildman–Crippen LogP) is 2.38. The molecule has 0 saturated heterocycles. The predicted molar refractivity (Wildman–Crippen MR) is 66.5 cm³/mol. The van der Waals surface area contributed by atoms with Gasteiger partial charge in [0.25, 0.3) is 0 Å². The van der Waals surface area contributed by atoms with Gasteiger partial charge in [0.15, 0.2) is 0 Å². The minimum absolute atomic E-state index is 0.133. The fourth-order valence-corrected chi connectivity index (χ4v) is 3.01. The van der Waals surface area contributed by atoms with Gasteiger partial charge in [-0.15, -0.1) is 0 Å². The lowest BCUT2D eigenvalue weighted by molar-refractivity contribution is -0.165. The van der Waals surface area contributed by atoms with Crippen LogP contribution >= 0.6 is 0 Å². The average molecular weight is 279 g/mol. The van der Waals surface area contributed by atoms with Crippen LogP contribution in [0.25, 0.3) is 0 Å². The van der Waals surface area contributed by atoms with Crippen LogP contribution in [0.3, 0.4) is 0 Å². The van der Waals surface area contributed by atoms with Crippen molar-refractivity contribution >= 4 is 10.8 Å². The maximum absolute atomic E-state index is 12.5. The van der Waals surface area contributed by atoms with Crippen LogP contribution in [0.2, 0.25) is 0 Å². The van der Waals surface area contributed by atoms with Crippen LogP contribution in [-0.4, -0.2) is 22.7 Å². The van der Waals surface area contributed by atoms with E-state index in [0.717, 1.165) is 11.1 Å². The van der Waals surface area contributed by atoms with Gasteiger partial charge < -0.3 is 5.73 Å². The van der Waals surface area contributed by atoms with E-state index in [1.54, 1.807) is 12.1 Å². The topological polar surface area (TPSA) is 43.1 Å². The monoisotopic (exact) mass is 279 g/mol. The van der Waals surface area contributed by atoms with Gasteiger partial charge in [-0.25, -0.2) is 0 Å². The number of nitrogens with two attached hydrogens (primary N) is 1. The van der Waals surface area contributed by atoms with Crippen molar-refractivity contribution in [1.82, 2.24) is 0 Å². The molecule has 0 aliphatic carbocycles. The van der Waals surface area contributed by atoms with Crippen molar-refractivity contribution in [1.29, 1.82) is 0 Å². The summed E-state index contributed by atoms with van der Waals surface area (Å²) in [6.45, 7) is 1.36. The molecule has 0 amide bonds. The van der Waals surface area contributed by atoms with Crippen molar-refractivity contribution in [3.05, 3.63) is 35.4 Å². The summed E-state index contributed by atoms with van der Waals surface area (Å²) in [5.41, 5.74) is 6.85. The SMILES string of the molecule is Cc1cccc(CS(=O)CC(CN)C(F)(F)F)c1. The molecule has 1 rings (SSSR count). The number of halogens is 3. The second-order valence-electron chi connectivity index (χ2n) is 4.21. The molecule has 0 spiro atoms. The van der Waals surface area contributed by atoms with E-state index in [4.69, 9.17) is 5.73 Å². The van der Waals surface area contributed by atoms with Crippen LogP contribution in [0, 0.1) is 12.8 Å². The number of benzene rings is 1. The Morgan fingerprint density at radius 1 is 1.39 bits per heavy atom. The summed E-state index contributed by atoms with van der Waals surface area (Å²) in [6, 6.07) is 7.26. The fraction of sp³-hybridized carbons (Fsp3) is 0.500. The Labute approximate surface area is 107 Å². The molecule has 2 nitrogen and oxygen atoms in total. The van der Waals surface area contributed by atoms with Gasteiger partial charge in [0.1, 0.15) is 0 Å². The third-order valence-electron chi connectivity index (χ3n) is 2.54. The van der Waals surface area contributed by atoms with E-state index in [0.29, 0.717) is 0 Å². The first-order valence-corrected chi connectivity index (χ1v) is 6.99. The molecule has 18 heavy (non-hydrogen) atoms. The number of hydrogen-bond acceptors (Lipinski definition) is 2. The second kappa shape index (κ2) is 6.33. The van der Waals surface area contributed by atoms with Gasteiger partial charge in [0.2, 0.25) is 0 Å². The molecule has 0 aliphatic heterocycles. The number of hydrogen-bond donors (Lipinski definition) is 1. The van der Waals surface area contributed by atoms with Crippen LogP contribution in [0.1, 0.15) is 11.1 Å². The van der Waals surface area contributed by atoms with Crippen LogP contribution in [0.15, 0.2) is 24.3 Å². The first-order chi connectivity index (χ1) is 8.32. The van der Waals surface area contributed by atoms with Gasteiger partial charge >= 0.3 is 6.18 Å². The van der Waals surface area contributed by atoms with E-state index in [1.165, 1.54) is 0 Å². The summed E-state index contributed by atoms with van der Waals surface area (Å²) >= 11 is 0. The molecule has 2 N–H and O–H groups in total. The Hall–Kier alpha value is -0.880. The minimum atomic E-state index is -4.38. The molecule has 2 unspecified atom stereocenters. The Kier molecular flexibility index (Phi) is 5.34. The largest absolute Gasteiger partial charge is 0.393 e. The maximum Gasteiger partial charge on any atom is 0.393 e. The van der Waals surface area contributed by atoms with Crippen molar-refractivity contribution in [2.75, 3.05) is 12.3 Å². The first-order valence-electron chi connectivity index (χ1n) is 5.50. The molecule has 0 saturated carbocycles. The molecule has 102 valence electrons. The molecule has 0 radical (unpaired) electrons. The van der Waals surface area contributed by atoms with E-state index in [1.807, 2.05) is 19.1 Å². The summed E-state index contributed by atoms with van der Waals surface area (Å²) in [5.74, 6) is -1.99. The molecule has 0 bridgehead atoms. The summed E-state index contributed by atoms with van der Waals surface area (Å²) in [6.07, 6.45) is -4.38. The van der Waals surface area contributed by atoms with E-state index < -0.39 is 35.2 Å². The Morgan fingerprint density at radius 2 is 2.06 bits per heavy atom. The number of rotatable bonds is 5. The highest BCUT2D eigenvalue weighted by atomic mass is 32.2. The highest BCUT2D eigenvalue weighted by molar-refractivity contribution is 7.84. The third kappa shape index (κ3) is 4.78. The Bertz CT molecular complexity index is 420. The van der Waals surface area contributed by atoms with Crippen molar-refractivity contribution < 1.29 is 17.4 Å². The van der Waals surface area contributed by atoms with Crippen LogP contribution in [0.5, 0.6) is 0 Å². The van der Waals surface area contributed by atoms with Gasteiger partial charge in [0, 0.05) is 28.9 Å². The first kappa shape index (κ1) is 15.2. The number of alkyl halides is 3. The lowest BCUT2D eigenvalue weighted by atomic mass is 10.2. The molecule has 2 atom stereocenters. The summed E-state index contributed by atoms with van der Waals surface area (Å²) in [5, 5.41) is 0. The normalized spacial score (nSPS) is 15.4. The van der Waals surface area contributed by atoms with Crippen LogP contribution in [0.4, 0.5) is 13.2 Å². The molecule has 0 aliphatic rings. The van der Waals surface area contributed by atoms with E-state index in [9.17, 15) is 17.4 Å². The maximum atomic E-state index is 12.5. The van der Waals surface area contributed by atoms with Crippen LogP contribution in [-0.2, 0) is 16.6 Å². The molecular formula is C12H16F3NOS. The van der Waals surface area contributed by atoms with E-state index >= 15 is 0 Å². The zero-order chi connectivity index (χ0) is 13.8. The second-order valence-corrected chi connectivity index (χ2v) is 5.72. The number of aryl methyl sites for hydroxylation is 1. The van der Waals surface area contributed by atoms with Crippen molar-refractivity contribution in [2.45, 2.75) is 18.9 Å². The molecule has 6 heteroatoms. The van der Waals surface area contributed by atoms with Gasteiger partial charge in [-0.2, -0.15) is 13.2 Å². The minimum Gasteiger partial charge on any atom is -0.330 e. The molecule has 1 aromatic carbocycles. The molecular weight excluding hydrogens is 263 g/mol. The van der Waals surface area contributed by atoms with Gasteiger partial charge in [-0.1, -0.05) is 29.8 Å². The van der Waals surface area contributed by atoms with Gasteiger partial charge in [-0.3, -0.25) is 4.21 Å². The van der Waals surface area contributed by atoms with E-state index in [2.05, 4.69) is 0 Å². The van der Waals surface area contributed by atoms with Gasteiger partial charge in [-0.05, 0) is 12.5 Å². The van der Waals surface area contributed by atoms with Gasteiger partial charge in [0.05, 0.1) is 5.92 Å². The fourth-order valence-electron chi connectivity index (χ4n) is 1.57. The lowest BCUT2D eigenvalue weighted by Gasteiger charge is -2.17. The molecule has 1 aromatic rings. The van der Waals surface area contributed by atoms with Crippen LogP contribution < -0.4 is 5.73 Å². The highest BCUT2D eigenvalue weighted by Crippen LogP contribution is 2.26. The smallest absolute Gasteiger partial charge is 0.330 e. The lowest BCUT2D eigenvalue weighted by Crippen LogP contribution is -2.34. The zero-order valence-corrected chi connectivity index (χ0v) is 10.9. The Morgan fingerprint density at radius 3 is 2.56 bits per heavy atom. The standard InChI is InChI=1S/C12H16F3NOS/c1-9-3-2-4-10(5-9)7-18(17)8-11(6-16)12(13,14)15/h2-5,11H,6-8,16H2,1H3. The molecule has 0 aromatic heterocycles. The van der Waals surface area contributed by atoms with E-state index in [-0.39, 0.29) is 5.75 Å². The highest BCUT2D eigenvalue weighted by Gasteiger charge is 2.39. The van der Waals surface area contributed by atoms with Crippen molar-refractivity contribution in [2.24, 2.45) is 11.7 Å². The Balaban J connectivity index is 2.61. The summed E-state index contributed by atoms with van der Waals surface area (Å²) in [4.78, 5) is 0. The van der Waals surface area contributed by atoms with Crippen molar-refractivity contribution in [3.63, 3.8) is 0 Å². The molecule has 0 fully saturated rings. The van der Waals surface area contributed by atoms with Crippen molar-refractivity contribution in [3.8, 4) is 0 Å². The third-order valence-corrected chi connectivity index (χ3v) is 3.97. The quantitative estimate of drug-likeness (QED) is 0.899. The summed E-state index contributed by atoms with van der Waals surface area (Å²) < 4.78 is 49.1. The average Bonchev–Trinajstić information content (AvgIpc) is 2.24. The molecule has 0 heterocycles. The zero-order valence-electron chi connectivity index (χ0n) is 10.0. The summed E-state index contributed by atoms with van der Waals surface area (Å²) in [7, 11) is -1.56.